The van der Waals surface area contributed by atoms with E-state index in [1.165, 1.54) is 0 Å². The zero-order valence-corrected chi connectivity index (χ0v) is 12.1. The summed E-state index contributed by atoms with van der Waals surface area (Å²) < 4.78 is 0. The van der Waals surface area contributed by atoms with E-state index in [0.717, 1.165) is 37.6 Å². The van der Waals surface area contributed by atoms with Gasteiger partial charge in [-0.1, -0.05) is 27.7 Å². The molecule has 0 amide bonds. The van der Waals surface area contributed by atoms with E-state index >= 15 is 0 Å². The zero-order valence-electron chi connectivity index (χ0n) is 12.1. The van der Waals surface area contributed by atoms with E-state index < -0.39 is 0 Å². The highest BCUT2D eigenvalue weighted by molar-refractivity contribution is 5.39. The molecule has 0 spiro atoms. The van der Waals surface area contributed by atoms with E-state index in [9.17, 15) is 0 Å². The molecule has 102 valence electrons. The van der Waals surface area contributed by atoms with Crippen LogP contribution in [0.25, 0.3) is 0 Å². The molecule has 1 aromatic rings. The fourth-order valence-corrected chi connectivity index (χ4v) is 1.87. The normalized spacial score (nSPS) is 11.3. The van der Waals surface area contributed by atoms with Gasteiger partial charge in [0, 0.05) is 24.8 Å². The predicted octanol–water partition coefficient (Wildman–Crippen LogP) is 2.41. The van der Waals surface area contributed by atoms with Crippen LogP contribution in [0.5, 0.6) is 0 Å². The lowest BCUT2D eigenvalue weighted by atomic mass is 10.1. The average molecular weight is 250 g/mol. The molecule has 0 saturated heterocycles. The lowest BCUT2D eigenvalue weighted by Crippen LogP contribution is -2.30. The van der Waals surface area contributed by atoms with Crippen molar-refractivity contribution < 1.29 is 0 Å². The lowest BCUT2D eigenvalue weighted by molar-refractivity contribution is 0.595. The van der Waals surface area contributed by atoms with E-state index in [1.807, 2.05) is 0 Å². The fourth-order valence-electron chi connectivity index (χ4n) is 1.87. The van der Waals surface area contributed by atoms with Crippen LogP contribution >= 0.6 is 0 Å². The van der Waals surface area contributed by atoms with Gasteiger partial charge in [0.05, 0.1) is 0 Å². The minimum atomic E-state index is 0.433. The quantitative estimate of drug-likeness (QED) is 0.807. The van der Waals surface area contributed by atoms with Crippen LogP contribution in [0.1, 0.15) is 45.7 Å². The fraction of sp³-hybridized carbons (Fsp3) is 0.714. The first-order valence-corrected chi connectivity index (χ1v) is 6.81. The maximum Gasteiger partial charge on any atom is 0.132 e. The van der Waals surface area contributed by atoms with Crippen molar-refractivity contribution in [1.29, 1.82) is 0 Å². The molecule has 4 heteroatoms. The Balaban J connectivity index is 2.85. The van der Waals surface area contributed by atoms with Crippen LogP contribution < -0.4 is 10.6 Å². The Bertz CT molecular complexity index is 349. The number of anilines is 1. The Kier molecular flexibility index (Phi) is 6.05. The van der Waals surface area contributed by atoms with Crippen molar-refractivity contribution in [2.45, 2.75) is 40.0 Å². The van der Waals surface area contributed by atoms with Crippen molar-refractivity contribution in [3.05, 3.63) is 18.1 Å². The zero-order chi connectivity index (χ0) is 13.5. The van der Waals surface area contributed by atoms with Gasteiger partial charge in [-0.15, -0.1) is 0 Å². The van der Waals surface area contributed by atoms with Gasteiger partial charge < -0.3 is 10.6 Å². The largest absolute Gasteiger partial charge is 0.356 e. The summed E-state index contributed by atoms with van der Waals surface area (Å²) in [5, 5.41) is 0. The smallest absolute Gasteiger partial charge is 0.132 e. The molecule has 0 atom stereocenters. The second-order valence-electron chi connectivity index (χ2n) is 5.44. The molecule has 0 radical (unpaired) electrons. The number of rotatable bonds is 7. The van der Waals surface area contributed by atoms with Gasteiger partial charge in [-0.2, -0.15) is 0 Å². The Morgan fingerprint density at radius 2 is 1.94 bits per heavy atom. The third-order valence-corrected chi connectivity index (χ3v) is 2.81. The van der Waals surface area contributed by atoms with Crippen molar-refractivity contribution in [2.24, 2.45) is 11.7 Å². The summed E-state index contributed by atoms with van der Waals surface area (Å²) in [6.45, 7) is 11.4. The molecule has 0 aliphatic carbocycles. The number of nitrogens with two attached hydrogens (primary N) is 1. The van der Waals surface area contributed by atoms with E-state index in [-0.39, 0.29) is 0 Å². The molecule has 0 saturated carbocycles. The molecule has 4 nitrogen and oxygen atoms in total. The summed E-state index contributed by atoms with van der Waals surface area (Å²) in [6.07, 6.45) is 2.66. The Morgan fingerprint density at radius 3 is 2.50 bits per heavy atom. The topological polar surface area (TPSA) is 55.0 Å². The second-order valence-corrected chi connectivity index (χ2v) is 5.44. The molecule has 0 aliphatic rings. The first-order chi connectivity index (χ1) is 8.54. The molecule has 0 unspecified atom stereocenters. The maximum atomic E-state index is 5.60. The Morgan fingerprint density at radius 1 is 1.22 bits per heavy atom. The van der Waals surface area contributed by atoms with Gasteiger partial charge in [0.2, 0.25) is 0 Å². The molecular formula is C14H26N4. The molecule has 1 aromatic heterocycles. The summed E-state index contributed by atoms with van der Waals surface area (Å²) in [5.41, 5.74) is 6.70. The highest BCUT2D eigenvalue weighted by Gasteiger charge is 2.11. The summed E-state index contributed by atoms with van der Waals surface area (Å²) >= 11 is 0. The summed E-state index contributed by atoms with van der Waals surface area (Å²) in [7, 11) is 0. The SMILES string of the molecule is CC(C)CN(CCCN)c1cc(C(C)C)ncn1. The van der Waals surface area contributed by atoms with Gasteiger partial charge in [-0.3, -0.25) is 0 Å². The van der Waals surface area contributed by atoms with Crippen LogP contribution in [0.3, 0.4) is 0 Å². The maximum absolute atomic E-state index is 5.60. The first kappa shape index (κ1) is 14.9. The first-order valence-electron chi connectivity index (χ1n) is 6.81. The molecular weight excluding hydrogens is 224 g/mol. The van der Waals surface area contributed by atoms with Crippen molar-refractivity contribution in [1.82, 2.24) is 9.97 Å². The molecule has 0 aromatic carbocycles. The van der Waals surface area contributed by atoms with Crippen LogP contribution in [0.4, 0.5) is 5.82 Å². The van der Waals surface area contributed by atoms with E-state index in [0.29, 0.717) is 11.8 Å². The molecule has 0 aliphatic heterocycles. The third kappa shape index (κ3) is 4.61. The summed E-state index contributed by atoms with van der Waals surface area (Å²) in [4.78, 5) is 11.0. The molecule has 0 fully saturated rings. The number of aromatic nitrogens is 2. The van der Waals surface area contributed by atoms with Gasteiger partial charge in [-0.05, 0) is 24.8 Å². The monoisotopic (exact) mass is 250 g/mol. The van der Waals surface area contributed by atoms with Crippen molar-refractivity contribution in [3.63, 3.8) is 0 Å². The van der Waals surface area contributed by atoms with E-state index in [2.05, 4.69) is 48.6 Å². The molecule has 1 rings (SSSR count). The standard InChI is InChI=1S/C14H26N4/c1-11(2)9-18(7-5-6-15)14-8-13(12(3)4)16-10-17-14/h8,10-12H,5-7,9,15H2,1-4H3. The average Bonchev–Trinajstić information content (AvgIpc) is 2.34. The highest BCUT2D eigenvalue weighted by atomic mass is 15.2. The van der Waals surface area contributed by atoms with Crippen LogP contribution in [-0.2, 0) is 0 Å². The van der Waals surface area contributed by atoms with Crippen LogP contribution in [0.15, 0.2) is 12.4 Å². The van der Waals surface area contributed by atoms with E-state index in [4.69, 9.17) is 5.73 Å². The minimum absolute atomic E-state index is 0.433. The van der Waals surface area contributed by atoms with Crippen molar-refractivity contribution in [3.8, 4) is 0 Å². The second kappa shape index (κ2) is 7.31. The summed E-state index contributed by atoms with van der Waals surface area (Å²) in [6, 6.07) is 2.10. The summed E-state index contributed by atoms with van der Waals surface area (Å²) in [5.74, 6) is 2.07. The lowest BCUT2D eigenvalue weighted by Gasteiger charge is -2.25. The third-order valence-electron chi connectivity index (χ3n) is 2.81. The van der Waals surface area contributed by atoms with Crippen molar-refractivity contribution >= 4 is 5.82 Å². The van der Waals surface area contributed by atoms with E-state index in [1.54, 1.807) is 6.33 Å². The number of hydrogen-bond acceptors (Lipinski definition) is 4. The van der Waals surface area contributed by atoms with Gasteiger partial charge in [0.25, 0.3) is 0 Å². The minimum Gasteiger partial charge on any atom is -0.356 e. The Hall–Kier alpha value is -1.16. The molecule has 18 heavy (non-hydrogen) atoms. The van der Waals surface area contributed by atoms with Gasteiger partial charge in [0.15, 0.2) is 0 Å². The predicted molar refractivity (Wildman–Crippen MR) is 76.8 cm³/mol. The van der Waals surface area contributed by atoms with Gasteiger partial charge in [-0.25, -0.2) is 9.97 Å². The molecule has 1 heterocycles. The van der Waals surface area contributed by atoms with Gasteiger partial charge in [0.1, 0.15) is 12.1 Å². The van der Waals surface area contributed by atoms with Crippen LogP contribution in [0, 0.1) is 5.92 Å². The highest BCUT2D eigenvalue weighted by Crippen LogP contribution is 2.18. The number of hydrogen-bond donors (Lipinski definition) is 1. The van der Waals surface area contributed by atoms with Crippen molar-refractivity contribution in [2.75, 3.05) is 24.5 Å². The van der Waals surface area contributed by atoms with Crippen LogP contribution in [-0.4, -0.2) is 29.6 Å². The molecule has 0 bridgehead atoms. The van der Waals surface area contributed by atoms with Gasteiger partial charge >= 0.3 is 0 Å². The molecule has 2 N–H and O–H groups in total. The Labute approximate surface area is 111 Å². The number of nitrogens with zero attached hydrogens (tertiary/aromatic N) is 3. The van der Waals surface area contributed by atoms with Crippen LogP contribution in [0.2, 0.25) is 0 Å².